The van der Waals surface area contributed by atoms with Crippen LogP contribution < -0.4 is 5.48 Å². The summed E-state index contributed by atoms with van der Waals surface area (Å²) >= 11 is 0. The van der Waals surface area contributed by atoms with Crippen molar-refractivity contribution in [3.05, 3.63) is 29.3 Å². The Labute approximate surface area is 82.5 Å². The van der Waals surface area contributed by atoms with Crippen LogP contribution in [0.25, 0.3) is 0 Å². The molecule has 4 heteroatoms. The molecule has 0 saturated heterocycles. The number of carbonyl (C=O) groups excluding carboxylic acids is 1. The van der Waals surface area contributed by atoms with E-state index in [2.05, 4.69) is 5.48 Å². The number of phenols is 1. The summed E-state index contributed by atoms with van der Waals surface area (Å²) in [5.41, 5.74) is 3.50. The Hall–Kier alpha value is -1.55. The maximum absolute atomic E-state index is 11.4. The molecular weight excluding hydrogens is 182 g/mol. The number of hydroxylamine groups is 1. The quantitative estimate of drug-likeness (QED) is 0.716. The molecule has 1 aromatic rings. The van der Waals surface area contributed by atoms with Crippen molar-refractivity contribution in [2.75, 3.05) is 6.61 Å². The van der Waals surface area contributed by atoms with Gasteiger partial charge in [-0.05, 0) is 37.6 Å². The number of hydrogen-bond acceptors (Lipinski definition) is 3. The number of carbonyl (C=O) groups is 1. The third-order valence-electron chi connectivity index (χ3n) is 1.76. The van der Waals surface area contributed by atoms with E-state index in [-0.39, 0.29) is 11.7 Å². The summed E-state index contributed by atoms with van der Waals surface area (Å²) in [5, 5.41) is 9.13. The Kier molecular flexibility index (Phi) is 3.48. The first-order chi connectivity index (χ1) is 6.65. The Bertz CT molecular complexity index is 336. The molecule has 1 amide bonds. The molecular formula is C10H13NO3. The largest absolute Gasteiger partial charge is 0.508 e. The molecule has 76 valence electrons. The van der Waals surface area contributed by atoms with Crippen LogP contribution >= 0.6 is 0 Å². The average molecular weight is 195 g/mol. The highest BCUT2D eigenvalue weighted by Crippen LogP contribution is 2.15. The van der Waals surface area contributed by atoms with Gasteiger partial charge in [0.25, 0.3) is 5.91 Å². The molecule has 0 atom stereocenters. The molecule has 4 nitrogen and oxygen atoms in total. The third-order valence-corrected chi connectivity index (χ3v) is 1.76. The number of aromatic hydroxyl groups is 1. The van der Waals surface area contributed by atoms with Gasteiger partial charge in [0.1, 0.15) is 5.75 Å². The van der Waals surface area contributed by atoms with Crippen LogP contribution in [0.15, 0.2) is 18.2 Å². The lowest BCUT2D eigenvalue weighted by Gasteiger charge is -2.06. The SMILES string of the molecule is CCONC(=O)c1ccc(O)cc1C. The summed E-state index contributed by atoms with van der Waals surface area (Å²) in [6, 6.07) is 4.55. The highest BCUT2D eigenvalue weighted by molar-refractivity contribution is 5.95. The van der Waals surface area contributed by atoms with E-state index in [4.69, 9.17) is 9.94 Å². The first-order valence-electron chi connectivity index (χ1n) is 4.37. The predicted octanol–water partition coefficient (Wildman–Crippen LogP) is 1.38. The van der Waals surface area contributed by atoms with Crippen molar-refractivity contribution in [2.45, 2.75) is 13.8 Å². The van der Waals surface area contributed by atoms with Gasteiger partial charge >= 0.3 is 0 Å². The van der Waals surface area contributed by atoms with Gasteiger partial charge in [0.05, 0.1) is 6.61 Å². The Balaban J connectivity index is 2.80. The zero-order chi connectivity index (χ0) is 10.6. The van der Waals surface area contributed by atoms with Gasteiger partial charge in [0.2, 0.25) is 0 Å². The van der Waals surface area contributed by atoms with Crippen LogP contribution in [0.3, 0.4) is 0 Å². The number of benzene rings is 1. The number of amides is 1. The molecule has 0 bridgehead atoms. The number of rotatable bonds is 3. The van der Waals surface area contributed by atoms with E-state index in [0.717, 1.165) is 0 Å². The Morgan fingerprint density at radius 1 is 1.57 bits per heavy atom. The van der Waals surface area contributed by atoms with E-state index in [1.807, 2.05) is 0 Å². The van der Waals surface area contributed by atoms with Crippen molar-refractivity contribution in [2.24, 2.45) is 0 Å². The molecule has 1 rings (SSSR count). The van der Waals surface area contributed by atoms with E-state index < -0.39 is 0 Å². The second-order valence-corrected chi connectivity index (χ2v) is 2.86. The summed E-state index contributed by atoms with van der Waals surface area (Å²) in [5.74, 6) is -0.153. The normalized spacial score (nSPS) is 9.86. The summed E-state index contributed by atoms with van der Waals surface area (Å²) in [6.07, 6.45) is 0. The molecule has 0 heterocycles. The van der Waals surface area contributed by atoms with Gasteiger partial charge < -0.3 is 5.11 Å². The van der Waals surface area contributed by atoms with Gasteiger partial charge in [-0.3, -0.25) is 9.63 Å². The number of hydrogen-bond donors (Lipinski definition) is 2. The lowest BCUT2D eigenvalue weighted by Crippen LogP contribution is -2.24. The molecule has 2 N–H and O–H groups in total. The molecule has 0 aromatic heterocycles. The second kappa shape index (κ2) is 4.62. The van der Waals surface area contributed by atoms with Gasteiger partial charge in [-0.15, -0.1) is 0 Å². The molecule has 0 aliphatic rings. The summed E-state index contributed by atoms with van der Waals surface area (Å²) < 4.78 is 0. The van der Waals surface area contributed by atoms with Crippen molar-refractivity contribution in [1.82, 2.24) is 5.48 Å². The first-order valence-corrected chi connectivity index (χ1v) is 4.37. The summed E-state index contributed by atoms with van der Waals surface area (Å²) in [6.45, 7) is 3.95. The minimum absolute atomic E-state index is 0.149. The Morgan fingerprint density at radius 2 is 2.29 bits per heavy atom. The highest BCUT2D eigenvalue weighted by atomic mass is 16.6. The van der Waals surface area contributed by atoms with Crippen LogP contribution in [0.1, 0.15) is 22.8 Å². The van der Waals surface area contributed by atoms with Crippen molar-refractivity contribution in [3.63, 3.8) is 0 Å². The molecule has 14 heavy (non-hydrogen) atoms. The third kappa shape index (κ3) is 2.47. The van der Waals surface area contributed by atoms with Gasteiger partial charge in [-0.2, -0.15) is 0 Å². The molecule has 0 aliphatic heterocycles. The van der Waals surface area contributed by atoms with Crippen molar-refractivity contribution < 1.29 is 14.7 Å². The fourth-order valence-corrected chi connectivity index (χ4v) is 1.10. The van der Waals surface area contributed by atoms with Crippen LogP contribution in [0.4, 0.5) is 0 Å². The van der Waals surface area contributed by atoms with Crippen LogP contribution in [0.5, 0.6) is 5.75 Å². The molecule has 0 saturated carbocycles. The van der Waals surface area contributed by atoms with Crippen LogP contribution in [-0.2, 0) is 4.84 Å². The van der Waals surface area contributed by atoms with Crippen LogP contribution in [-0.4, -0.2) is 17.6 Å². The number of phenolic OH excluding ortho intramolecular Hbond substituents is 1. The van der Waals surface area contributed by atoms with E-state index in [1.165, 1.54) is 12.1 Å². The fraction of sp³-hybridized carbons (Fsp3) is 0.300. The van der Waals surface area contributed by atoms with Gasteiger partial charge in [-0.1, -0.05) is 0 Å². The molecule has 1 aromatic carbocycles. The van der Waals surface area contributed by atoms with E-state index in [1.54, 1.807) is 19.9 Å². The van der Waals surface area contributed by atoms with Crippen molar-refractivity contribution in [1.29, 1.82) is 0 Å². The summed E-state index contributed by atoms with van der Waals surface area (Å²) in [7, 11) is 0. The standard InChI is InChI=1S/C10H13NO3/c1-3-14-11-10(13)9-5-4-8(12)6-7(9)2/h4-6,12H,3H2,1-2H3,(H,11,13). The average Bonchev–Trinajstić information content (AvgIpc) is 2.14. The van der Waals surface area contributed by atoms with Gasteiger partial charge in [0.15, 0.2) is 0 Å². The summed E-state index contributed by atoms with van der Waals surface area (Å²) in [4.78, 5) is 16.2. The maximum Gasteiger partial charge on any atom is 0.275 e. The smallest absolute Gasteiger partial charge is 0.275 e. The zero-order valence-electron chi connectivity index (χ0n) is 8.20. The molecule has 0 radical (unpaired) electrons. The molecule has 0 aliphatic carbocycles. The van der Waals surface area contributed by atoms with Crippen LogP contribution in [0, 0.1) is 6.92 Å². The topological polar surface area (TPSA) is 58.6 Å². The molecule has 0 spiro atoms. The monoisotopic (exact) mass is 195 g/mol. The minimum Gasteiger partial charge on any atom is -0.508 e. The van der Waals surface area contributed by atoms with Crippen molar-refractivity contribution in [3.8, 4) is 5.75 Å². The fourth-order valence-electron chi connectivity index (χ4n) is 1.10. The minimum atomic E-state index is -0.302. The zero-order valence-corrected chi connectivity index (χ0v) is 8.20. The lowest BCUT2D eigenvalue weighted by molar-refractivity contribution is 0.0364. The maximum atomic E-state index is 11.4. The van der Waals surface area contributed by atoms with Crippen LogP contribution in [0.2, 0.25) is 0 Å². The Morgan fingerprint density at radius 3 is 2.86 bits per heavy atom. The lowest BCUT2D eigenvalue weighted by atomic mass is 10.1. The van der Waals surface area contributed by atoms with Gasteiger partial charge in [0, 0.05) is 5.56 Å². The van der Waals surface area contributed by atoms with E-state index >= 15 is 0 Å². The van der Waals surface area contributed by atoms with Crippen molar-refractivity contribution >= 4 is 5.91 Å². The molecule has 0 fully saturated rings. The van der Waals surface area contributed by atoms with Gasteiger partial charge in [-0.25, -0.2) is 5.48 Å². The highest BCUT2D eigenvalue weighted by Gasteiger charge is 2.08. The first kappa shape index (κ1) is 10.5. The van der Waals surface area contributed by atoms with E-state index in [9.17, 15) is 4.79 Å². The number of nitrogens with one attached hydrogen (secondary N) is 1. The number of aryl methyl sites for hydroxylation is 1. The predicted molar refractivity (Wildman–Crippen MR) is 51.9 cm³/mol. The van der Waals surface area contributed by atoms with E-state index in [0.29, 0.717) is 17.7 Å². The molecule has 0 unspecified atom stereocenters. The second-order valence-electron chi connectivity index (χ2n) is 2.86.